The standard InChI is InChI=1S/C24H30F2N6O4S/c1-3-8-37-24-27-22(31(2)16-10-13(16)12-4-5-14(25)15(26)9-12)19-23(28-24)32(30-29-19)17-11-18(36-7-6-33)21(35)20(17)34/h4-5,9,13,16-18,20-21,33-35H,3,6-8,10-11H2,1-2H3/t13-,16+,17+,18-,20-,21+/m0/s1. The number of aromatic nitrogens is 5. The Morgan fingerprint density at radius 3 is 2.70 bits per heavy atom. The topological polar surface area (TPSA) is 130 Å². The minimum atomic E-state index is -1.15. The molecule has 2 aliphatic carbocycles. The van der Waals surface area contributed by atoms with Gasteiger partial charge < -0.3 is 25.0 Å². The largest absolute Gasteiger partial charge is 0.394 e. The number of aliphatic hydroxyl groups is 3. The van der Waals surface area contributed by atoms with Crippen LogP contribution >= 0.6 is 11.8 Å². The Hall–Kier alpha value is -2.45. The maximum Gasteiger partial charge on any atom is 0.191 e. The van der Waals surface area contributed by atoms with Crippen LogP contribution in [0, 0.1) is 11.6 Å². The molecule has 0 radical (unpaired) electrons. The number of fused-ring (bicyclic) bond motifs is 1. The molecular formula is C24H30F2N6O4S. The van der Waals surface area contributed by atoms with E-state index in [1.807, 2.05) is 11.9 Å². The highest BCUT2D eigenvalue weighted by Crippen LogP contribution is 2.46. The molecule has 200 valence electrons. The van der Waals surface area contributed by atoms with Crippen molar-refractivity contribution in [1.82, 2.24) is 25.0 Å². The average molecular weight is 537 g/mol. The molecule has 3 aromatic rings. The third-order valence-electron chi connectivity index (χ3n) is 7.02. The molecule has 0 spiro atoms. The maximum atomic E-state index is 13.8. The highest BCUT2D eigenvalue weighted by molar-refractivity contribution is 7.99. The molecule has 10 nitrogen and oxygen atoms in total. The van der Waals surface area contributed by atoms with Crippen molar-refractivity contribution in [2.75, 3.05) is 30.9 Å². The number of benzene rings is 1. The van der Waals surface area contributed by atoms with E-state index < -0.39 is 36.0 Å². The van der Waals surface area contributed by atoms with Gasteiger partial charge >= 0.3 is 0 Å². The molecule has 0 saturated heterocycles. The molecule has 2 fully saturated rings. The maximum absolute atomic E-state index is 13.8. The Bertz CT molecular complexity index is 1270. The lowest BCUT2D eigenvalue weighted by Crippen LogP contribution is -2.33. The van der Waals surface area contributed by atoms with Crippen LogP contribution in [0.25, 0.3) is 11.2 Å². The van der Waals surface area contributed by atoms with Crippen molar-refractivity contribution in [3.05, 3.63) is 35.4 Å². The molecule has 0 bridgehead atoms. The van der Waals surface area contributed by atoms with Gasteiger partial charge in [0.2, 0.25) is 0 Å². The number of rotatable bonds is 10. The van der Waals surface area contributed by atoms with Crippen LogP contribution in [-0.4, -0.2) is 90.6 Å². The molecule has 2 heterocycles. The summed E-state index contributed by atoms with van der Waals surface area (Å²) in [4.78, 5) is 11.4. The normalized spacial score (nSPS) is 27.2. The Morgan fingerprint density at radius 2 is 1.97 bits per heavy atom. The molecule has 2 aliphatic rings. The van der Waals surface area contributed by atoms with E-state index in [-0.39, 0.29) is 31.6 Å². The third kappa shape index (κ3) is 5.02. The zero-order chi connectivity index (χ0) is 26.3. The lowest BCUT2D eigenvalue weighted by atomic mass is 10.1. The summed E-state index contributed by atoms with van der Waals surface area (Å²) in [6, 6.07) is 3.37. The number of ether oxygens (including phenoxy) is 1. The summed E-state index contributed by atoms with van der Waals surface area (Å²) in [6.45, 7) is 1.92. The molecule has 5 rings (SSSR count). The van der Waals surface area contributed by atoms with Crippen molar-refractivity contribution < 1.29 is 28.8 Å². The molecule has 0 unspecified atom stereocenters. The van der Waals surface area contributed by atoms with Crippen molar-refractivity contribution in [2.45, 2.75) is 67.7 Å². The fraction of sp³-hybridized carbons (Fsp3) is 0.583. The van der Waals surface area contributed by atoms with E-state index in [1.54, 1.807) is 6.07 Å². The van der Waals surface area contributed by atoms with Crippen molar-refractivity contribution in [1.29, 1.82) is 0 Å². The summed E-state index contributed by atoms with van der Waals surface area (Å²) < 4.78 is 34.2. The van der Waals surface area contributed by atoms with Crippen LogP contribution < -0.4 is 4.90 Å². The zero-order valence-electron chi connectivity index (χ0n) is 20.5. The SMILES string of the molecule is CCCSc1nc(N(C)[C@@H]2C[C@H]2c2ccc(F)c(F)c2)c2nnn([C@@H]3C[C@H](OCCO)[C@@H](O)[C@H]3O)c2n1. The molecule has 0 amide bonds. The smallest absolute Gasteiger partial charge is 0.191 e. The number of halogens is 2. The molecule has 3 N–H and O–H groups in total. The second-order valence-corrected chi connectivity index (χ2v) is 10.6. The van der Waals surface area contributed by atoms with Gasteiger partial charge in [-0.05, 0) is 30.5 Å². The summed E-state index contributed by atoms with van der Waals surface area (Å²) in [5.41, 5.74) is 1.60. The number of likely N-dealkylation sites (N-methyl/N-ethyl adjacent to an activating group) is 1. The molecule has 0 aliphatic heterocycles. The summed E-state index contributed by atoms with van der Waals surface area (Å²) in [5, 5.41) is 39.5. The zero-order valence-corrected chi connectivity index (χ0v) is 21.4. The Balaban J connectivity index is 1.47. The van der Waals surface area contributed by atoms with Crippen LogP contribution in [0.3, 0.4) is 0 Å². The van der Waals surface area contributed by atoms with Crippen LogP contribution in [0.2, 0.25) is 0 Å². The number of thioether (sulfide) groups is 1. The monoisotopic (exact) mass is 536 g/mol. The number of anilines is 1. The molecule has 2 aromatic heterocycles. The summed E-state index contributed by atoms with van der Waals surface area (Å²) in [5.74, 6) is -0.354. The van der Waals surface area contributed by atoms with E-state index in [0.717, 1.165) is 30.2 Å². The fourth-order valence-corrected chi connectivity index (χ4v) is 5.66. The Morgan fingerprint density at radius 1 is 1.16 bits per heavy atom. The number of hydrogen-bond donors (Lipinski definition) is 3. The van der Waals surface area contributed by atoms with Gasteiger partial charge in [-0.15, -0.1) is 5.10 Å². The van der Waals surface area contributed by atoms with E-state index in [0.29, 0.717) is 22.1 Å². The van der Waals surface area contributed by atoms with Gasteiger partial charge in [-0.25, -0.2) is 23.4 Å². The van der Waals surface area contributed by atoms with Crippen LogP contribution in [0.4, 0.5) is 14.6 Å². The lowest BCUT2D eigenvalue weighted by Gasteiger charge is -2.20. The van der Waals surface area contributed by atoms with E-state index in [4.69, 9.17) is 14.8 Å². The molecular weight excluding hydrogens is 506 g/mol. The molecule has 1 aromatic carbocycles. The quantitative estimate of drug-likeness (QED) is 0.261. The van der Waals surface area contributed by atoms with Gasteiger partial charge in [-0.3, -0.25) is 0 Å². The second-order valence-electron chi connectivity index (χ2n) is 9.50. The first-order valence-corrected chi connectivity index (χ1v) is 13.3. The van der Waals surface area contributed by atoms with E-state index in [9.17, 15) is 19.0 Å². The first-order chi connectivity index (χ1) is 17.8. The van der Waals surface area contributed by atoms with Gasteiger partial charge in [0.05, 0.1) is 25.4 Å². The molecule has 37 heavy (non-hydrogen) atoms. The second kappa shape index (κ2) is 10.7. The van der Waals surface area contributed by atoms with Gasteiger partial charge in [-0.1, -0.05) is 30.0 Å². The van der Waals surface area contributed by atoms with Crippen LogP contribution in [0.15, 0.2) is 23.4 Å². The first-order valence-electron chi connectivity index (χ1n) is 12.4. The number of aliphatic hydroxyl groups excluding tert-OH is 3. The van der Waals surface area contributed by atoms with E-state index >= 15 is 0 Å². The molecule has 6 atom stereocenters. The van der Waals surface area contributed by atoms with Gasteiger partial charge in [0.15, 0.2) is 33.8 Å². The van der Waals surface area contributed by atoms with Crippen LogP contribution in [-0.2, 0) is 4.74 Å². The van der Waals surface area contributed by atoms with Crippen molar-refractivity contribution in [3.8, 4) is 0 Å². The predicted molar refractivity (Wildman–Crippen MR) is 133 cm³/mol. The predicted octanol–water partition coefficient (Wildman–Crippen LogP) is 2.04. The van der Waals surface area contributed by atoms with Gasteiger partial charge in [0, 0.05) is 31.2 Å². The highest BCUT2D eigenvalue weighted by atomic mass is 32.2. The van der Waals surface area contributed by atoms with Gasteiger partial charge in [0.1, 0.15) is 12.2 Å². The lowest BCUT2D eigenvalue weighted by molar-refractivity contribution is -0.0629. The third-order valence-corrected chi connectivity index (χ3v) is 8.07. The molecule has 13 heteroatoms. The average Bonchev–Trinajstić information content (AvgIpc) is 3.51. The van der Waals surface area contributed by atoms with E-state index in [2.05, 4.69) is 22.2 Å². The van der Waals surface area contributed by atoms with Crippen molar-refractivity contribution in [3.63, 3.8) is 0 Å². The van der Waals surface area contributed by atoms with Gasteiger partial charge in [0.25, 0.3) is 0 Å². The minimum Gasteiger partial charge on any atom is -0.394 e. The van der Waals surface area contributed by atoms with Crippen molar-refractivity contribution in [2.24, 2.45) is 0 Å². The van der Waals surface area contributed by atoms with Crippen LogP contribution in [0.5, 0.6) is 0 Å². The minimum absolute atomic E-state index is 0.00675. The van der Waals surface area contributed by atoms with Crippen LogP contribution in [0.1, 0.15) is 43.7 Å². The Labute approximate surface area is 216 Å². The summed E-state index contributed by atoms with van der Waals surface area (Å²) in [6.07, 6.45) is -1.01. The van der Waals surface area contributed by atoms with Gasteiger partial charge in [-0.2, -0.15) is 0 Å². The van der Waals surface area contributed by atoms with Crippen molar-refractivity contribution >= 4 is 28.7 Å². The van der Waals surface area contributed by atoms with E-state index in [1.165, 1.54) is 22.5 Å². The summed E-state index contributed by atoms with van der Waals surface area (Å²) in [7, 11) is 1.88. The number of nitrogens with zero attached hydrogens (tertiary/aromatic N) is 6. The first kappa shape index (κ1) is 26.2. The fourth-order valence-electron chi connectivity index (χ4n) is 4.97. The highest BCUT2D eigenvalue weighted by Gasteiger charge is 2.46. The molecule has 2 saturated carbocycles. The Kier molecular flexibility index (Phi) is 7.59. The summed E-state index contributed by atoms with van der Waals surface area (Å²) >= 11 is 1.49. The number of hydrogen-bond acceptors (Lipinski definition) is 10.